The lowest BCUT2D eigenvalue weighted by Gasteiger charge is -2.15. The monoisotopic (exact) mass is 283 g/mol. The summed E-state index contributed by atoms with van der Waals surface area (Å²) in [7, 11) is 0. The van der Waals surface area contributed by atoms with Crippen molar-refractivity contribution >= 4 is 34.5 Å². The van der Waals surface area contributed by atoms with Crippen molar-refractivity contribution in [1.82, 2.24) is 14.5 Å². The number of pyridine rings is 1. The largest absolute Gasteiger partial charge is 0.308 e. The van der Waals surface area contributed by atoms with Crippen LogP contribution in [0.4, 0.5) is 0 Å². The van der Waals surface area contributed by atoms with Crippen molar-refractivity contribution in [2.24, 2.45) is 0 Å². The number of nitrogens with zero attached hydrogens (tertiary/aromatic N) is 3. The van der Waals surface area contributed by atoms with E-state index in [0.29, 0.717) is 11.9 Å². The van der Waals surface area contributed by atoms with Crippen LogP contribution < -0.4 is 0 Å². The fourth-order valence-electron chi connectivity index (χ4n) is 2.04. The van der Waals surface area contributed by atoms with Crippen LogP contribution >= 0.6 is 23.4 Å². The van der Waals surface area contributed by atoms with Gasteiger partial charge in [0.25, 0.3) is 0 Å². The number of aryl methyl sites for hydroxylation is 1. The lowest BCUT2D eigenvalue weighted by atomic mass is 10.3. The minimum atomic E-state index is 0.364. The van der Waals surface area contributed by atoms with Crippen LogP contribution in [0.1, 0.15) is 31.4 Å². The number of fused-ring (bicyclic) bond motifs is 1. The van der Waals surface area contributed by atoms with Gasteiger partial charge in [0.1, 0.15) is 11.3 Å². The number of rotatable bonds is 5. The first-order chi connectivity index (χ1) is 8.67. The molecule has 2 heterocycles. The van der Waals surface area contributed by atoms with Crippen molar-refractivity contribution in [3.8, 4) is 0 Å². The Morgan fingerprint density at radius 2 is 2.17 bits per heavy atom. The Kier molecular flexibility index (Phi) is 4.51. The van der Waals surface area contributed by atoms with Crippen LogP contribution in [0, 0.1) is 6.92 Å². The number of hydrogen-bond donors (Lipinski definition) is 0. The molecule has 0 saturated carbocycles. The third kappa shape index (κ3) is 2.64. The van der Waals surface area contributed by atoms with E-state index in [1.54, 1.807) is 0 Å². The van der Waals surface area contributed by atoms with Gasteiger partial charge < -0.3 is 4.57 Å². The van der Waals surface area contributed by atoms with E-state index in [-0.39, 0.29) is 0 Å². The van der Waals surface area contributed by atoms with Crippen molar-refractivity contribution < 1.29 is 0 Å². The number of imidazole rings is 1. The van der Waals surface area contributed by atoms with Gasteiger partial charge in [-0.2, -0.15) is 11.8 Å². The molecular formula is C13H18ClN3S. The first kappa shape index (κ1) is 13.7. The van der Waals surface area contributed by atoms with Crippen molar-refractivity contribution in [2.75, 3.05) is 11.5 Å². The van der Waals surface area contributed by atoms with Gasteiger partial charge in [0.2, 0.25) is 0 Å². The van der Waals surface area contributed by atoms with E-state index in [4.69, 9.17) is 11.6 Å². The smallest absolute Gasteiger partial charge is 0.160 e. The number of hydrogen-bond acceptors (Lipinski definition) is 3. The Bertz CT molecular complexity index is 538. The van der Waals surface area contributed by atoms with Crippen LogP contribution in [0.25, 0.3) is 11.2 Å². The molecule has 0 saturated heterocycles. The molecule has 18 heavy (non-hydrogen) atoms. The Balaban J connectivity index is 2.48. The van der Waals surface area contributed by atoms with Crippen LogP contribution in [0.3, 0.4) is 0 Å². The lowest BCUT2D eigenvalue weighted by Crippen LogP contribution is -2.11. The van der Waals surface area contributed by atoms with Crippen LogP contribution in [0.15, 0.2) is 12.1 Å². The zero-order valence-corrected chi connectivity index (χ0v) is 12.6. The standard InChI is InChI=1S/C13H18ClN3S/c1-4-18-8-10(3)17-12(7-14)16-11-6-5-9(2)15-13(11)17/h5-6,10H,4,7-8H2,1-3H3. The summed E-state index contributed by atoms with van der Waals surface area (Å²) in [5, 5.41) is 0. The summed E-state index contributed by atoms with van der Waals surface area (Å²) in [5.41, 5.74) is 2.90. The Hall–Kier alpha value is -0.740. The molecule has 0 spiro atoms. The zero-order chi connectivity index (χ0) is 13.1. The second-order valence-electron chi connectivity index (χ2n) is 4.34. The molecule has 1 atom stereocenters. The predicted molar refractivity (Wildman–Crippen MR) is 79.5 cm³/mol. The quantitative estimate of drug-likeness (QED) is 0.782. The van der Waals surface area contributed by atoms with Crippen LogP contribution in [-0.4, -0.2) is 26.0 Å². The lowest BCUT2D eigenvalue weighted by molar-refractivity contribution is 0.601. The fraction of sp³-hybridized carbons (Fsp3) is 0.538. The van der Waals surface area contributed by atoms with Gasteiger partial charge in [-0.3, -0.25) is 0 Å². The molecule has 2 rings (SSSR count). The normalized spacial score (nSPS) is 13.1. The van der Waals surface area contributed by atoms with Crippen molar-refractivity contribution in [3.05, 3.63) is 23.7 Å². The molecule has 0 radical (unpaired) electrons. The molecule has 0 N–H and O–H groups in total. The zero-order valence-electron chi connectivity index (χ0n) is 11.0. The van der Waals surface area contributed by atoms with Crippen LogP contribution in [-0.2, 0) is 5.88 Å². The highest BCUT2D eigenvalue weighted by Gasteiger charge is 2.16. The van der Waals surface area contributed by atoms with E-state index >= 15 is 0 Å². The highest BCUT2D eigenvalue weighted by atomic mass is 35.5. The highest BCUT2D eigenvalue weighted by molar-refractivity contribution is 7.99. The average molecular weight is 284 g/mol. The van der Waals surface area contributed by atoms with Gasteiger partial charge in [-0.1, -0.05) is 6.92 Å². The predicted octanol–water partition coefficient (Wildman–Crippen LogP) is 3.79. The van der Waals surface area contributed by atoms with Crippen molar-refractivity contribution in [3.63, 3.8) is 0 Å². The minimum absolute atomic E-state index is 0.364. The van der Waals surface area contributed by atoms with Gasteiger partial charge in [0.05, 0.1) is 5.88 Å². The molecule has 0 amide bonds. The SMILES string of the molecule is CCSCC(C)n1c(CCl)nc2ccc(C)nc21. The summed E-state index contributed by atoms with van der Waals surface area (Å²) in [6.45, 7) is 6.38. The summed E-state index contributed by atoms with van der Waals surface area (Å²) in [6.07, 6.45) is 0. The summed E-state index contributed by atoms with van der Waals surface area (Å²) in [6, 6.07) is 4.37. The summed E-state index contributed by atoms with van der Waals surface area (Å²) >= 11 is 7.93. The average Bonchev–Trinajstić information content (AvgIpc) is 2.73. The van der Waals surface area contributed by atoms with Gasteiger partial charge in [-0.25, -0.2) is 9.97 Å². The second-order valence-corrected chi connectivity index (χ2v) is 5.92. The maximum Gasteiger partial charge on any atom is 0.160 e. The van der Waals surface area contributed by atoms with Gasteiger partial charge >= 0.3 is 0 Å². The Labute approximate surface area is 117 Å². The molecule has 2 aromatic rings. The molecule has 5 heteroatoms. The fourth-order valence-corrected chi connectivity index (χ4v) is 2.95. The number of alkyl halides is 1. The van der Waals surface area contributed by atoms with E-state index in [2.05, 4.69) is 28.4 Å². The Morgan fingerprint density at radius 3 is 2.83 bits per heavy atom. The van der Waals surface area contributed by atoms with E-state index in [1.165, 1.54) is 0 Å². The van der Waals surface area contributed by atoms with E-state index in [0.717, 1.165) is 34.2 Å². The van der Waals surface area contributed by atoms with Gasteiger partial charge in [-0.15, -0.1) is 11.6 Å². The molecule has 2 aromatic heterocycles. The molecule has 0 bridgehead atoms. The van der Waals surface area contributed by atoms with E-state index < -0.39 is 0 Å². The van der Waals surface area contributed by atoms with Gasteiger partial charge in [0, 0.05) is 17.5 Å². The minimum Gasteiger partial charge on any atom is -0.308 e. The van der Waals surface area contributed by atoms with Crippen LogP contribution in [0.2, 0.25) is 0 Å². The third-order valence-electron chi connectivity index (χ3n) is 2.87. The van der Waals surface area contributed by atoms with Gasteiger partial charge in [0.15, 0.2) is 5.65 Å². The molecule has 0 aliphatic heterocycles. The summed E-state index contributed by atoms with van der Waals surface area (Å²) in [5.74, 6) is 3.52. The molecule has 0 aliphatic rings. The van der Waals surface area contributed by atoms with Crippen LogP contribution in [0.5, 0.6) is 0 Å². The second kappa shape index (κ2) is 5.93. The van der Waals surface area contributed by atoms with Gasteiger partial charge in [-0.05, 0) is 31.7 Å². The summed E-state index contributed by atoms with van der Waals surface area (Å²) < 4.78 is 2.18. The number of aromatic nitrogens is 3. The molecule has 1 unspecified atom stereocenters. The third-order valence-corrected chi connectivity index (χ3v) is 4.24. The molecule has 3 nitrogen and oxygen atoms in total. The molecule has 98 valence electrons. The number of halogens is 1. The van der Waals surface area contributed by atoms with E-state index in [9.17, 15) is 0 Å². The Morgan fingerprint density at radius 1 is 1.39 bits per heavy atom. The topological polar surface area (TPSA) is 30.7 Å². The molecule has 0 aromatic carbocycles. The number of thioether (sulfide) groups is 1. The van der Waals surface area contributed by atoms with E-state index in [1.807, 2.05) is 30.8 Å². The summed E-state index contributed by atoms with van der Waals surface area (Å²) in [4.78, 5) is 9.17. The highest BCUT2D eigenvalue weighted by Crippen LogP contribution is 2.23. The van der Waals surface area contributed by atoms with Crippen molar-refractivity contribution in [1.29, 1.82) is 0 Å². The first-order valence-electron chi connectivity index (χ1n) is 6.15. The molecule has 0 fully saturated rings. The maximum absolute atomic E-state index is 6.00. The first-order valence-corrected chi connectivity index (χ1v) is 7.84. The van der Waals surface area contributed by atoms with Crippen molar-refractivity contribution in [2.45, 2.75) is 32.7 Å². The maximum atomic E-state index is 6.00. The molecule has 0 aliphatic carbocycles. The molecular weight excluding hydrogens is 266 g/mol.